The summed E-state index contributed by atoms with van der Waals surface area (Å²) in [6.45, 7) is 1.29. The van der Waals surface area contributed by atoms with E-state index in [-0.39, 0.29) is 11.9 Å². The Labute approximate surface area is 200 Å². The molecule has 0 aromatic heterocycles. The van der Waals surface area contributed by atoms with Crippen molar-refractivity contribution in [3.05, 3.63) is 150 Å². The van der Waals surface area contributed by atoms with E-state index in [1.807, 2.05) is 84.9 Å². The molecule has 34 heavy (non-hydrogen) atoms. The molecule has 0 bridgehead atoms. The average molecular weight is 446 g/mol. The summed E-state index contributed by atoms with van der Waals surface area (Å²) in [5.74, 6) is 0.266. The molecule has 2 atom stereocenters. The maximum atomic E-state index is 13.7. The van der Waals surface area contributed by atoms with Crippen molar-refractivity contribution in [3.8, 4) is 0 Å². The van der Waals surface area contributed by atoms with Crippen LogP contribution in [-0.2, 0) is 22.6 Å². The summed E-state index contributed by atoms with van der Waals surface area (Å²) in [6, 6.07) is 40.3. The molecule has 5 rings (SSSR count). The molecule has 0 amide bonds. The first-order valence-electron chi connectivity index (χ1n) is 11.6. The van der Waals surface area contributed by atoms with Crippen molar-refractivity contribution in [2.45, 2.75) is 25.0 Å². The van der Waals surface area contributed by atoms with E-state index < -0.39 is 6.04 Å². The van der Waals surface area contributed by atoms with Gasteiger partial charge < -0.3 is 4.74 Å². The van der Waals surface area contributed by atoms with Gasteiger partial charge in [-0.1, -0.05) is 121 Å². The number of hydrogen-bond donors (Lipinski definition) is 0. The second-order valence-electron chi connectivity index (χ2n) is 8.58. The Kier molecular flexibility index (Phi) is 6.64. The molecule has 0 radical (unpaired) electrons. The van der Waals surface area contributed by atoms with Crippen LogP contribution < -0.4 is 0 Å². The average Bonchev–Trinajstić information content (AvgIpc) is 2.90. The van der Waals surface area contributed by atoms with Crippen molar-refractivity contribution in [1.29, 1.82) is 0 Å². The molecule has 1 aliphatic heterocycles. The largest absolute Gasteiger partial charge is 0.425 e. The van der Waals surface area contributed by atoms with Gasteiger partial charge in [0, 0.05) is 24.6 Å². The van der Waals surface area contributed by atoms with E-state index in [1.54, 1.807) is 0 Å². The van der Waals surface area contributed by atoms with Gasteiger partial charge in [0.15, 0.2) is 0 Å². The molecule has 1 heterocycles. The lowest BCUT2D eigenvalue weighted by atomic mass is 9.86. The van der Waals surface area contributed by atoms with Crippen LogP contribution in [0.5, 0.6) is 0 Å². The number of ether oxygens (including phenoxy) is 1. The Bertz CT molecular complexity index is 1200. The minimum Gasteiger partial charge on any atom is -0.425 e. The zero-order chi connectivity index (χ0) is 23.2. The molecule has 0 saturated carbocycles. The van der Waals surface area contributed by atoms with Crippen LogP contribution >= 0.6 is 0 Å². The van der Waals surface area contributed by atoms with Crippen molar-refractivity contribution in [2.24, 2.45) is 0 Å². The molecule has 0 unspecified atom stereocenters. The van der Waals surface area contributed by atoms with Gasteiger partial charge in [-0.25, -0.2) is 4.79 Å². The Hall–Kier alpha value is -3.95. The molecule has 0 spiro atoms. The summed E-state index contributed by atoms with van der Waals surface area (Å²) in [4.78, 5) is 15.9. The van der Waals surface area contributed by atoms with Crippen LogP contribution in [0.1, 0.15) is 28.2 Å². The van der Waals surface area contributed by atoms with Crippen molar-refractivity contribution in [3.63, 3.8) is 0 Å². The fourth-order valence-electron chi connectivity index (χ4n) is 4.58. The lowest BCUT2D eigenvalue weighted by Gasteiger charge is -2.37. The van der Waals surface area contributed by atoms with Crippen LogP contribution in [0.3, 0.4) is 0 Å². The third kappa shape index (κ3) is 5.00. The van der Waals surface area contributed by atoms with Crippen LogP contribution in [0.4, 0.5) is 0 Å². The predicted octanol–water partition coefficient (Wildman–Crippen LogP) is 6.44. The van der Waals surface area contributed by atoms with Crippen molar-refractivity contribution in [2.75, 3.05) is 0 Å². The molecule has 0 N–H and O–H groups in total. The standard InChI is InChI=1S/C31H27NO2/c33-31-30(32(22-24-13-5-1-6-14-24)23-25-15-7-2-8-16-25)28(26-17-9-3-10-18-26)21-29(34-31)27-19-11-4-12-20-27/h1-21,28,30H,22-23H2/t28-,30-/m1/s1. The molecule has 0 saturated heterocycles. The van der Waals surface area contributed by atoms with Gasteiger partial charge in [0.1, 0.15) is 11.8 Å². The highest BCUT2D eigenvalue weighted by atomic mass is 16.5. The Morgan fingerprint density at radius 2 is 1.09 bits per heavy atom. The number of hydrogen-bond acceptors (Lipinski definition) is 3. The minimum absolute atomic E-state index is 0.134. The molecule has 1 aliphatic rings. The highest BCUT2D eigenvalue weighted by molar-refractivity contribution is 5.87. The van der Waals surface area contributed by atoms with Gasteiger partial charge in [-0.3, -0.25) is 4.90 Å². The Morgan fingerprint density at radius 1 is 0.618 bits per heavy atom. The predicted molar refractivity (Wildman–Crippen MR) is 136 cm³/mol. The highest BCUT2D eigenvalue weighted by Gasteiger charge is 2.39. The van der Waals surface area contributed by atoms with E-state index in [2.05, 4.69) is 47.4 Å². The zero-order valence-electron chi connectivity index (χ0n) is 19.0. The number of rotatable bonds is 7. The Morgan fingerprint density at radius 3 is 1.62 bits per heavy atom. The number of benzene rings is 4. The van der Waals surface area contributed by atoms with E-state index in [0.29, 0.717) is 18.8 Å². The maximum Gasteiger partial charge on any atom is 0.329 e. The van der Waals surface area contributed by atoms with Gasteiger partial charge in [0.05, 0.1) is 0 Å². The number of esters is 1. The summed E-state index contributed by atoms with van der Waals surface area (Å²) in [7, 11) is 0. The second-order valence-corrected chi connectivity index (χ2v) is 8.58. The van der Waals surface area contributed by atoms with Crippen molar-refractivity contribution < 1.29 is 9.53 Å². The van der Waals surface area contributed by atoms with Gasteiger partial charge in [0.2, 0.25) is 0 Å². The highest BCUT2D eigenvalue weighted by Crippen LogP contribution is 2.36. The maximum absolute atomic E-state index is 13.7. The van der Waals surface area contributed by atoms with Gasteiger partial charge >= 0.3 is 5.97 Å². The number of cyclic esters (lactones) is 1. The SMILES string of the molecule is O=C1OC(c2ccccc2)=C[C@H](c2ccccc2)[C@H]1N(Cc1ccccc1)Cc1ccccc1. The summed E-state index contributed by atoms with van der Waals surface area (Å²) in [6.07, 6.45) is 2.11. The van der Waals surface area contributed by atoms with E-state index in [9.17, 15) is 4.79 Å². The molecule has 4 aromatic carbocycles. The van der Waals surface area contributed by atoms with Crippen LogP contribution in [-0.4, -0.2) is 16.9 Å². The second kappa shape index (κ2) is 10.3. The fourth-order valence-corrected chi connectivity index (χ4v) is 4.58. The van der Waals surface area contributed by atoms with Crippen LogP contribution in [0.25, 0.3) is 5.76 Å². The molecule has 168 valence electrons. The topological polar surface area (TPSA) is 29.5 Å². The summed E-state index contributed by atoms with van der Waals surface area (Å²) in [5.41, 5.74) is 4.34. The van der Waals surface area contributed by atoms with Crippen LogP contribution in [0.15, 0.2) is 127 Å². The normalized spacial score (nSPS) is 17.8. The van der Waals surface area contributed by atoms with Crippen molar-refractivity contribution >= 4 is 11.7 Å². The van der Waals surface area contributed by atoms with Crippen LogP contribution in [0.2, 0.25) is 0 Å². The first-order valence-corrected chi connectivity index (χ1v) is 11.6. The van der Waals surface area contributed by atoms with Gasteiger partial charge in [-0.15, -0.1) is 0 Å². The monoisotopic (exact) mass is 445 g/mol. The first kappa shape index (κ1) is 21.9. The third-order valence-electron chi connectivity index (χ3n) is 6.22. The summed E-state index contributed by atoms with van der Waals surface area (Å²) in [5, 5.41) is 0. The molecule has 3 heteroatoms. The van der Waals surface area contributed by atoms with E-state index in [4.69, 9.17) is 4.74 Å². The number of carbonyl (C=O) groups is 1. The first-order chi connectivity index (χ1) is 16.8. The fraction of sp³-hybridized carbons (Fsp3) is 0.129. The number of nitrogens with zero attached hydrogens (tertiary/aromatic N) is 1. The molecule has 0 fully saturated rings. The van der Waals surface area contributed by atoms with E-state index in [1.165, 1.54) is 0 Å². The van der Waals surface area contributed by atoms with E-state index in [0.717, 1.165) is 22.3 Å². The molecular formula is C31H27NO2. The molecular weight excluding hydrogens is 418 g/mol. The summed E-state index contributed by atoms with van der Waals surface area (Å²) < 4.78 is 5.97. The summed E-state index contributed by atoms with van der Waals surface area (Å²) >= 11 is 0. The zero-order valence-corrected chi connectivity index (χ0v) is 19.0. The van der Waals surface area contributed by atoms with Gasteiger partial charge in [-0.05, 0) is 22.8 Å². The lowest BCUT2D eigenvalue weighted by molar-refractivity contribution is -0.145. The molecule has 4 aromatic rings. The Balaban J connectivity index is 1.57. The molecule has 3 nitrogen and oxygen atoms in total. The van der Waals surface area contributed by atoms with Gasteiger partial charge in [0.25, 0.3) is 0 Å². The molecule has 0 aliphatic carbocycles. The lowest BCUT2D eigenvalue weighted by Crippen LogP contribution is -2.46. The van der Waals surface area contributed by atoms with Crippen LogP contribution in [0, 0.1) is 0 Å². The number of carbonyl (C=O) groups excluding carboxylic acids is 1. The van der Waals surface area contributed by atoms with Gasteiger partial charge in [-0.2, -0.15) is 0 Å². The minimum atomic E-state index is -0.449. The smallest absolute Gasteiger partial charge is 0.329 e. The van der Waals surface area contributed by atoms with E-state index >= 15 is 0 Å². The third-order valence-corrected chi connectivity index (χ3v) is 6.22. The van der Waals surface area contributed by atoms with Crippen molar-refractivity contribution in [1.82, 2.24) is 4.90 Å². The quantitative estimate of drug-likeness (QED) is 0.307.